The molecule has 3 aromatic rings. The summed E-state index contributed by atoms with van der Waals surface area (Å²) in [5, 5.41) is 10.1. The molecule has 0 radical (unpaired) electrons. The number of rotatable bonds is 6. The lowest BCUT2D eigenvalue weighted by Gasteiger charge is -2.39. The van der Waals surface area contributed by atoms with Crippen molar-refractivity contribution in [3.05, 3.63) is 102 Å². The molecule has 2 aliphatic rings. The van der Waals surface area contributed by atoms with Gasteiger partial charge in [-0.25, -0.2) is 0 Å². The summed E-state index contributed by atoms with van der Waals surface area (Å²) in [6.45, 7) is 5.26. The third-order valence-corrected chi connectivity index (χ3v) is 7.90. The number of fused-ring (bicyclic) bond motifs is 1. The Balaban J connectivity index is 0.00000289. The molecule has 0 spiro atoms. The van der Waals surface area contributed by atoms with Crippen LogP contribution in [0.3, 0.4) is 0 Å². The Morgan fingerprint density at radius 2 is 1.43 bits per heavy atom. The van der Waals surface area contributed by atoms with Crippen molar-refractivity contribution in [2.45, 2.75) is 37.0 Å². The van der Waals surface area contributed by atoms with Gasteiger partial charge in [0, 0.05) is 12.2 Å². The Bertz CT molecular complexity index is 1200. The van der Waals surface area contributed by atoms with E-state index < -0.39 is 10.8 Å². The van der Waals surface area contributed by atoms with Crippen LogP contribution in [0.15, 0.2) is 84.9 Å². The van der Waals surface area contributed by atoms with Crippen molar-refractivity contribution in [3.8, 4) is 6.07 Å². The van der Waals surface area contributed by atoms with E-state index >= 15 is 0 Å². The van der Waals surface area contributed by atoms with Gasteiger partial charge < -0.3 is 9.80 Å². The van der Waals surface area contributed by atoms with Gasteiger partial charge in [-0.05, 0) is 68.6 Å². The van der Waals surface area contributed by atoms with Crippen molar-refractivity contribution < 1.29 is 4.79 Å². The number of hydrogen-bond acceptors (Lipinski definition) is 3. The molecule has 4 nitrogen and oxygen atoms in total. The average Bonchev–Trinajstić information content (AvgIpc) is 3.16. The Morgan fingerprint density at radius 1 is 0.857 bits per heavy atom. The van der Waals surface area contributed by atoms with Crippen LogP contribution < -0.4 is 4.90 Å². The third-order valence-electron chi connectivity index (χ3n) is 7.90. The summed E-state index contributed by atoms with van der Waals surface area (Å²) in [5.74, 6) is 0.176. The monoisotopic (exact) mass is 485 g/mol. The fourth-order valence-electron chi connectivity index (χ4n) is 5.93. The van der Waals surface area contributed by atoms with Gasteiger partial charge in [0.15, 0.2) is 0 Å². The van der Waals surface area contributed by atoms with Crippen LogP contribution in [0.5, 0.6) is 0 Å². The minimum Gasteiger partial charge on any atom is -0.311 e. The summed E-state index contributed by atoms with van der Waals surface area (Å²) in [5.41, 5.74) is 3.25. The number of para-hydroxylation sites is 1. The summed E-state index contributed by atoms with van der Waals surface area (Å²) in [6.07, 6.45) is 2.36. The summed E-state index contributed by atoms with van der Waals surface area (Å²) >= 11 is 0. The number of nitrogens with zero attached hydrogens (tertiary/aromatic N) is 3. The van der Waals surface area contributed by atoms with Crippen LogP contribution in [0.2, 0.25) is 0 Å². The zero-order chi connectivity index (χ0) is 23.6. The second kappa shape index (κ2) is 10.2. The van der Waals surface area contributed by atoms with Gasteiger partial charge in [0.1, 0.15) is 5.41 Å². The minimum atomic E-state index is -0.670. The molecule has 2 aliphatic heterocycles. The first-order chi connectivity index (χ1) is 16.6. The van der Waals surface area contributed by atoms with E-state index in [-0.39, 0.29) is 18.3 Å². The molecular weight excluding hydrogens is 454 g/mol. The van der Waals surface area contributed by atoms with Crippen molar-refractivity contribution in [2.24, 2.45) is 0 Å². The smallest absolute Gasteiger partial charge is 0.242 e. The number of halogens is 1. The summed E-state index contributed by atoms with van der Waals surface area (Å²) in [6, 6.07) is 31.4. The number of carbonyl (C=O) groups excluding carboxylic acids is 1. The molecule has 5 rings (SSSR count). The second-order valence-electron chi connectivity index (χ2n) is 9.49. The largest absolute Gasteiger partial charge is 0.311 e. The van der Waals surface area contributed by atoms with Gasteiger partial charge in [-0.15, -0.1) is 12.4 Å². The minimum absolute atomic E-state index is 0. The first kappa shape index (κ1) is 25.0. The van der Waals surface area contributed by atoms with Gasteiger partial charge in [0.25, 0.3) is 0 Å². The van der Waals surface area contributed by atoms with Crippen LogP contribution in [0.25, 0.3) is 0 Å². The van der Waals surface area contributed by atoms with E-state index in [1.807, 2.05) is 60.4 Å². The maximum atomic E-state index is 14.0. The van der Waals surface area contributed by atoms with Crippen molar-refractivity contribution in [2.75, 3.05) is 31.1 Å². The van der Waals surface area contributed by atoms with E-state index in [9.17, 15) is 10.1 Å². The highest BCUT2D eigenvalue weighted by molar-refractivity contribution is 6.10. The zero-order valence-electron chi connectivity index (χ0n) is 20.2. The SMILES string of the molecule is CCN1C(=O)C(CCN2CCC(C#N)(c3ccccc3)CC2)(c2ccccc2)c2ccccc21.Cl. The quantitative estimate of drug-likeness (QED) is 0.449. The Kier molecular flexibility index (Phi) is 7.31. The van der Waals surface area contributed by atoms with Gasteiger partial charge in [-0.3, -0.25) is 4.79 Å². The maximum absolute atomic E-state index is 14.0. The Hall–Kier alpha value is -3.13. The summed E-state index contributed by atoms with van der Waals surface area (Å²) in [7, 11) is 0. The van der Waals surface area contributed by atoms with Crippen LogP contribution in [-0.2, 0) is 15.6 Å². The van der Waals surface area contributed by atoms with Crippen molar-refractivity contribution in [3.63, 3.8) is 0 Å². The number of amides is 1. The maximum Gasteiger partial charge on any atom is 0.242 e. The standard InChI is InChI=1S/C30H31N3O.ClH/c1-2-33-27-16-10-9-15-26(27)30(28(33)34,25-13-7-4-8-14-25)19-22-32-20-17-29(23-31,18-21-32)24-11-5-3-6-12-24;/h3-16H,2,17-22H2,1H3;1H. The fraction of sp³-hybridized carbons (Fsp3) is 0.333. The van der Waals surface area contributed by atoms with Crippen molar-refractivity contribution in [1.82, 2.24) is 4.90 Å². The van der Waals surface area contributed by atoms with Crippen LogP contribution >= 0.6 is 12.4 Å². The molecule has 0 N–H and O–H groups in total. The van der Waals surface area contributed by atoms with Gasteiger partial charge in [0.2, 0.25) is 5.91 Å². The molecule has 1 saturated heterocycles. The van der Waals surface area contributed by atoms with Crippen molar-refractivity contribution >= 4 is 24.0 Å². The molecule has 1 amide bonds. The normalized spacial score (nSPS) is 21.1. The predicted molar refractivity (Wildman–Crippen MR) is 143 cm³/mol. The van der Waals surface area contributed by atoms with E-state index in [1.54, 1.807) is 0 Å². The van der Waals surface area contributed by atoms with Crippen LogP contribution in [0, 0.1) is 11.3 Å². The molecule has 180 valence electrons. The lowest BCUT2D eigenvalue weighted by atomic mass is 9.72. The highest BCUT2D eigenvalue weighted by atomic mass is 35.5. The lowest BCUT2D eigenvalue weighted by Crippen LogP contribution is -2.46. The molecule has 1 atom stereocenters. The number of piperidine rings is 1. The first-order valence-corrected chi connectivity index (χ1v) is 12.3. The molecule has 3 aromatic carbocycles. The van der Waals surface area contributed by atoms with Crippen LogP contribution in [-0.4, -0.2) is 37.0 Å². The highest BCUT2D eigenvalue weighted by Crippen LogP contribution is 2.48. The van der Waals surface area contributed by atoms with E-state index in [0.29, 0.717) is 6.54 Å². The van der Waals surface area contributed by atoms with E-state index in [0.717, 1.165) is 61.3 Å². The van der Waals surface area contributed by atoms with Gasteiger partial charge in [-0.2, -0.15) is 5.26 Å². The second-order valence-corrected chi connectivity index (χ2v) is 9.49. The van der Waals surface area contributed by atoms with Crippen LogP contribution in [0.1, 0.15) is 42.9 Å². The average molecular weight is 486 g/mol. The highest BCUT2D eigenvalue weighted by Gasteiger charge is 2.51. The summed E-state index contributed by atoms with van der Waals surface area (Å²) in [4.78, 5) is 18.4. The Labute approximate surface area is 214 Å². The number of hydrogen-bond donors (Lipinski definition) is 0. The molecule has 1 unspecified atom stereocenters. The molecule has 0 saturated carbocycles. The lowest BCUT2D eigenvalue weighted by molar-refractivity contribution is -0.122. The van der Waals surface area contributed by atoms with Gasteiger partial charge in [0.05, 0.1) is 11.5 Å². The number of likely N-dealkylation sites (N-methyl/N-ethyl adjacent to an activating group) is 1. The molecule has 0 aliphatic carbocycles. The molecule has 0 aromatic heterocycles. The van der Waals surface area contributed by atoms with E-state index in [4.69, 9.17) is 0 Å². The number of benzene rings is 3. The third kappa shape index (κ3) is 4.14. The molecule has 1 fully saturated rings. The number of likely N-dealkylation sites (tertiary alicyclic amines) is 1. The first-order valence-electron chi connectivity index (χ1n) is 12.3. The van der Waals surface area contributed by atoms with Gasteiger partial charge >= 0.3 is 0 Å². The molecule has 0 bridgehead atoms. The molecule has 35 heavy (non-hydrogen) atoms. The Morgan fingerprint density at radius 3 is 2.03 bits per heavy atom. The molecule has 2 heterocycles. The van der Waals surface area contributed by atoms with E-state index in [2.05, 4.69) is 47.4 Å². The predicted octanol–water partition coefficient (Wildman–Crippen LogP) is 5.71. The van der Waals surface area contributed by atoms with E-state index in [1.165, 1.54) is 0 Å². The van der Waals surface area contributed by atoms with Crippen LogP contribution in [0.4, 0.5) is 5.69 Å². The number of nitriles is 1. The van der Waals surface area contributed by atoms with Crippen molar-refractivity contribution in [1.29, 1.82) is 5.26 Å². The molecule has 5 heteroatoms. The topological polar surface area (TPSA) is 47.3 Å². The number of anilines is 1. The zero-order valence-corrected chi connectivity index (χ0v) is 21.0. The van der Waals surface area contributed by atoms with Gasteiger partial charge in [-0.1, -0.05) is 78.9 Å². The summed E-state index contributed by atoms with van der Waals surface area (Å²) < 4.78 is 0. The molecular formula is C30H32ClN3O. The number of carbonyl (C=O) groups is 1. The fourth-order valence-corrected chi connectivity index (χ4v) is 5.93.